The molecule has 0 radical (unpaired) electrons. The van der Waals surface area contributed by atoms with Crippen molar-refractivity contribution in [3.8, 4) is 0 Å². The van der Waals surface area contributed by atoms with E-state index in [0.717, 1.165) is 47.8 Å². The van der Waals surface area contributed by atoms with Crippen LogP contribution in [0.15, 0.2) is 0 Å². The third kappa shape index (κ3) is 6.02. The van der Waals surface area contributed by atoms with E-state index in [1.54, 1.807) is 0 Å². The van der Waals surface area contributed by atoms with Gasteiger partial charge in [-0.15, -0.1) is 0 Å². The second kappa shape index (κ2) is 12.4. The highest BCUT2D eigenvalue weighted by molar-refractivity contribution is 5.76. The Balaban J connectivity index is 1.26. The number of fused-ring (bicyclic) bond motifs is 5. The summed E-state index contributed by atoms with van der Waals surface area (Å²) in [6.45, 7) is 12.8. The third-order valence-corrected chi connectivity index (χ3v) is 14.3. The van der Waals surface area contributed by atoms with Gasteiger partial charge in [-0.25, -0.2) is 0 Å². The molecule has 4 saturated carbocycles. The first-order chi connectivity index (χ1) is 18.6. The summed E-state index contributed by atoms with van der Waals surface area (Å²) >= 11 is 0. The largest absolute Gasteiger partial charge is 0.343 e. The van der Waals surface area contributed by atoms with Crippen molar-refractivity contribution in [2.75, 3.05) is 7.05 Å². The lowest BCUT2D eigenvalue weighted by Crippen LogP contribution is -2.54. The molecule has 1 heterocycles. The van der Waals surface area contributed by atoms with E-state index >= 15 is 0 Å². The monoisotopic (exact) mass is 540 g/mol. The summed E-state index contributed by atoms with van der Waals surface area (Å²) < 4.78 is 0. The zero-order chi connectivity index (χ0) is 27.8. The van der Waals surface area contributed by atoms with E-state index < -0.39 is 0 Å². The molecule has 1 aliphatic heterocycles. The summed E-state index contributed by atoms with van der Waals surface area (Å²) in [6, 6.07) is 0.481. The zero-order valence-corrected chi connectivity index (χ0v) is 27.0. The Morgan fingerprint density at radius 1 is 0.795 bits per heavy atom. The first-order valence-electron chi connectivity index (χ1n) is 17.9. The third-order valence-electron chi connectivity index (χ3n) is 14.3. The number of hydrogen-bond donors (Lipinski definition) is 0. The van der Waals surface area contributed by atoms with Gasteiger partial charge < -0.3 is 4.90 Å². The summed E-state index contributed by atoms with van der Waals surface area (Å²) in [5, 5.41) is 0. The maximum absolute atomic E-state index is 13.6. The maximum atomic E-state index is 13.6. The van der Waals surface area contributed by atoms with Gasteiger partial charge in [-0.2, -0.15) is 0 Å². The van der Waals surface area contributed by atoms with Gasteiger partial charge in [-0.05, 0) is 122 Å². The number of hydrogen-bond acceptors (Lipinski definition) is 1. The molecule has 0 aromatic heterocycles. The molecule has 0 spiro atoms. The van der Waals surface area contributed by atoms with E-state index in [0.29, 0.717) is 28.7 Å². The van der Waals surface area contributed by atoms with Crippen LogP contribution in [0, 0.1) is 58.2 Å². The van der Waals surface area contributed by atoms with Gasteiger partial charge in [0.15, 0.2) is 0 Å². The van der Waals surface area contributed by atoms with Crippen molar-refractivity contribution in [2.24, 2.45) is 58.2 Å². The Morgan fingerprint density at radius 2 is 1.51 bits per heavy atom. The van der Waals surface area contributed by atoms with Gasteiger partial charge in [0.1, 0.15) is 0 Å². The summed E-state index contributed by atoms with van der Waals surface area (Å²) in [5.74, 6) is 7.41. The van der Waals surface area contributed by atoms with E-state index in [1.165, 1.54) is 116 Å². The topological polar surface area (TPSA) is 20.3 Å². The number of rotatable bonds is 8. The molecule has 0 N–H and O–H groups in total. The second-order valence-electron chi connectivity index (χ2n) is 16.7. The van der Waals surface area contributed by atoms with Gasteiger partial charge in [-0.1, -0.05) is 86.0 Å². The molecule has 5 rings (SSSR count). The highest BCUT2D eigenvalue weighted by atomic mass is 16.2. The van der Waals surface area contributed by atoms with Crippen LogP contribution in [0.4, 0.5) is 0 Å². The predicted molar refractivity (Wildman–Crippen MR) is 165 cm³/mol. The molecule has 224 valence electrons. The molecule has 0 aromatic rings. The van der Waals surface area contributed by atoms with E-state index in [-0.39, 0.29) is 0 Å². The molecular formula is C37H65NO. The minimum atomic E-state index is 0.380. The van der Waals surface area contributed by atoms with Crippen molar-refractivity contribution in [2.45, 2.75) is 163 Å². The molecule has 39 heavy (non-hydrogen) atoms. The molecular weight excluding hydrogens is 474 g/mol. The highest BCUT2D eigenvalue weighted by Gasteiger charge is 2.60. The quantitative estimate of drug-likeness (QED) is 0.300. The standard InChI is InChI=1S/C37H65NO/c1-26(2)11-10-12-27(3)32-19-20-33-31-18-16-29-25-35(39)38(6)30(17-15-28-13-8-7-9-14-28)21-23-36(29,4)34(31)22-24-37(32,33)5/h26-34H,7-25H2,1-6H3/t27-,29+,30?,31+,32-,33+,34+,36+,37-/m1/s1. The molecule has 1 amide bonds. The Morgan fingerprint density at radius 3 is 2.26 bits per heavy atom. The number of carbonyl (C=O) groups is 1. The number of carbonyl (C=O) groups excluding carboxylic acids is 1. The molecule has 5 aliphatic rings. The van der Waals surface area contributed by atoms with Crippen LogP contribution in [-0.2, 0) is 4.79 Å². The van der Waals surface area contributed by atoms with Crippen LogP contribution in [0.25, 0.3) is 0 Å². The fourth-order valence-electron chi connectivity index (χ4n) is 11.8. The van der Waals surface area contributed by atoms with Crippen molar-refractivity contribution in [3.63, 3.8) is 0 Å². The maximum Gasteiger partial charge on any atom is 0.222 e. The molecule has 5 fully saturated rings. The second-order valence-corrected chi connectivity index (χ2v) is 16.7. The minimum Gasteiger partial charge on any atom is -0.343 e. The molecule has 1 saturated heterocycles. The lowest BCUT2D eigenvalue weighted by Gasteiger charge is -2.60. The van der Waals surface area contributed by atoms with Gasteiger partial charge in [0.2, 0.25) is 5.91 Å². The van der Waals surface area contributed by atoms with E-state index in [1.807, 2.05) is 0 Å². The molecule has 2 heteroatoms. The molecule has 4 aliphatic carbocycles. The van der Waals surface area contributed by atoms with Crippen molar-refractivity contribution in [1.29, 1.82) is 0 Å². The predicted octanol–water partition coefficient (Wildman–Crippen LogP) is 10.3. The van der Waals surface area contributed by atoms with Gasteiger partial charge in [0.25, 0.3) is 0 Å². The number of nitrogens with zero attached hydrogens (tertiary/aromatic N) is 1. The van der Waals surface area contributed by atoms with Gasteiger partial charge in [0, 0.05) is 19.5 Å². The summed E-state index contributed by atoms with van der Waals surface area (Å²) in [7, 11) is 2.15. The van der Waals surface area contributed by atoms with Crippen LogP contribution in [-0.4, -0.2) is 23.9 Å². The van der Waals surface area contributed by atoms with E-state index in [2.05, 4.69) is 46.6 Å². The Bertz CT molecular complexity index is 814. The zero-order valence-electron chi connectivity index (χ0n) is 27.0. The summed E-state index contributed by atoms with van der Waals surface area (Å²) in [5.41, 5.74) is 0.951. The van der Waals surface area contributed by atoms with Crippen LogP contribution in [0.3, 0.4) is 0 Å². The Hall–Kier alpha value is -0.530. The first-order valence-corrected chi connectivity index (χ1v) is 17.9. The van der Waals surface area contributed by atoms with Gasteiger partial charge in [0.05, 0.1) is 0 Å². The Kier molecular flexibility index (Phi) is 9.50. The van der Waals surface area contributed by atoms with Crippen molar-refractivity contribution < 1.29 is 4.79 Å². The average molecular weight is 540 g/mol. The van der Waals surface area contributed by atoms with Crippen molar-refractivity contribution in [3.05, 3.63) is 0 Å². The van der Waals surface area contributed by atoms with Crippen LogP contribution in [0.5, 0.6) is 0 Å². The normalized spacial score (nSPS) is 42.4. The SMILES string of the molecule is CC(C)CCC[C@@H](C)[C@H]1CC[C@H]2[C@@H]3CC[C@H]4CC(=O)N(C)C(CCC5CCCCC5)CC[C@]4(C)[C@H]3CC[C@]12C. The van der Waals surface area contributed by atoms with Gasteiger partial charge >= 0.3 is 0 Å². The molecule has 1 unspecified atom stereocenters. The number of likely N-dealkylation sites (tertiary alicyclic amines) is 1. The minimum absolute atomic E-state index is 0.380. The summed E-state index contributed by atoms with van der Waals surface area (Å²) in [4.78, 5) is 15.8. The van der Waals surface area contributed by atoms with Crippen molar-refractivity contribution in [1.82, 2.24) is 4.90 Å². The average Bonchev–Trinajstić information content (AvgIpc) is 3.27. The smallest absolute Gasteiger partial charge is 0.222 e. The lowest BCUT2D eigenvalue weighted by atomic mass is 9.45. The van der Waals surface area contributed by atoms with Crippen LogP contribution in [0.2, 0.25) is 0 Å². The van der Waals surface area contributed by atoms with Crippen LogP contribution < -0.4 is 0 Å². The number of amides is 1. The van der Waals surface area contributed by atoms with E-state index in [4.69, 9.17) is 0 Å². The molecule has 0 bridgehead atoms. The lowest BCUT2D eigenvalue weighted by molar-refractivity contribution is -0.146. The molecule has 2 nitrogen and oxygen atoms in total. The summed E-state index contributed by atoms with van der Waals surface area (Å²) in [6.07, 6.45) is 26.1. The van der Waals surface area contributed by atoms with Crippen LogP contribution >= 0.6 is 0 Å². The molecule has 9 atom stereocenters. The van der Waals surface area contributed by atoms with Crippen LogP contribution in [0.1, 0.15) is 157 Å². The molecule has 0 aromatic carbocycles. The highest BCUT2D eigenvalue weighted by Crippen LogP contribution is 2.68. The van der Waals surface area contributed by atoms with E-state index in [9.17, 15) is 4.79 Å². The van der Waals surface area contributed by atoms with Crippen molar-refractivity contribution >= 4 is 5.91 Å². The first kappa shape index (κ1) is 29.9. The fourth-order valence-corrected chi connectivity index (χ4v) is 11.8. The fraction of sp³-hybridized carbons (Fsp3) is 0.973. The van der Waals surface area contributed by atoms with Gasteiger partial charge in [-0.3, -0.25) is 4.79 Å². The Labute approximate surface area is 243 Å².